The number of hydrogen-bond acceptors (Lipinski definition) is 7. The molecular formula is C23H24N4O5. The highest BCUT2D eigenvalue weighted by Crippen LogP contribution is 2.28. The molecule has 0 bridgehead atoms. The van der Waals surface area contributed by atoms with Gasteiger partial charge < -0.3 is 25.4 Å². The molecule has 0 atom stereocenters. The number of carbonyl (C=O) groups excluding carboxylic acids is 3. The Labute approximate surface area is 185 Å². The Kier molecular flexibility index (Phi) is 6.48. The van der Waals surface area contributed by atoms with Gasteiger partial charge in [0, 0.05) is 19.2 Å². The van der Waals surface area contributed by atoms with Crippen LogP contribution in [0.15, 0.2) is 60.3 Å². The van der Waals surface area contributed by atoms with Gasteiger partial charge >= 0.3 is 0 Å². The van der Waals surface area contributed by atoms with Crippen LogP contribution < -0.4 is 15.5 Å². The highest BCUT2D eigenvalue weighted by molar-refractivity contribution is 6.18. The summed E-state index contributed by atoms with van der Waals surface area (Å²) in [5.74, 6) is -1.40. The van der Waals surface area contributed by atoms with E-state index in [1.807, 2.05) is 24.3 Å². The monoisotopic (exact) mass is 436 g/mol. The molecule has 2 aromatic carbocycles. The van der Waals surface area contributed by atoms with E-state index >= 15 is 0 Å². The van der Waals surface area contributed by atoms with Gasteiger partial charge in [0.25, 0.3) is 17.7 Å². The lowest BCUT2D eigenvalue weighted by atomic mass is 10.1. The molecule has 166 valence electrons. The van der Waals surface area contributed by atoms with E-state index in [2.05, 4.69) is 15.5 Å². The van der Waals surface area contributed by atoms with Crippen molar-refractivity contribution in [2.24, 2.45) is 0 Å². The van der Waals surface area contributed by atoms with Crippen molar-refractivity contribution >= 4 is 34.8 Å². The number of aliphatic hydroxyl groups is 1. The molecule has 0 spiro atoms. The lowest BCUT2D eigenvalue weighted by Crippen LogP contribution is -2.36. The summed E-state index contributed by atoms with van der Waals surface area (Å²) in [7, 11) is 0. The first-order valence-electron chi connectivity index (χ1n) is 10.4. The quantitative estimate of drug-likeness (QED) is 0.563. The van der Waals surface area contributed by atoms with E-state index in [0.717, 1.165) is 23.7 Å². The lowest BCUT2D eigenvalue weighted by molar-refractivity contribution is -0.137. The molecule has 2 heterocycles. The molecule has 32 heavy (non-hydrogen) atoms. The highest BCUT2D eigenvalue weighted by Gasteiger charge is 2.31. The molecule has 0 radical (unpaired) electrons. The first-order valence-corrected chi connectivity index (χ1v) is 10.4. The molecule has 9 nitrogen and oxygen atoms in total. The van der Waals surface area contributed by atoms with Crippen molar-refractivity contribution in [2.75, 3.05) is 55.0 Å². The number of benzene rings is 2. The number of para-hydroxylation sites is 3. The molecule has 1 fully saturated rings. The van der Waals surface area contributed by atoms with Crippen molar-refractivity contribution in [1.82, 2.24) is 4.90 Å². The van der Waals surface area contributed by atoms with Crippen LogP contribution in [0.4, 0.5) is 17.1 Å². The number of carbonyl (C=O) groups is 3. The summed E-state index contributed by atoms with van der Waals surface area (Å²) in [5, 5.41) is 14.9. The summed E-state index contributed by atoms with van der Waals surface area (Å²) in [5.41, 5.74) is 2.36. The largest absolute Gasteiger partial charge is 0.395 e. The third kappa shape index (κ3) is 4.48. The van der Waals surface area contributed by atoms with Crippen molar-refractivity contribution in [3.63, 3.8) is 0 Å². The second-order valence-corrected chi connectivity index (χ2v) is 7.32. The van der Waals surface area contributed by atoms with Crippen LogP contribution in [0, 0.1) is 0 Å². The minimum atomic E-state index is -0.545. The van der Waals surface area contributed by atoms with Crippen molar-refractivity contribution in [2.45, 2.75) is 0 Å². The summed E-state index contributed by atoms with van der Waals surface area (Å²) in [6.07, 6.45) is 1.17. The zero-order chi connectivity index (χ0) is 22.5. The SMILES string of the molecule is O=C(Nc1ccccc1N1CCOCC1)c1ccccc1NC1=CC(=O)N(CCO)C1=O. The molecule has 2 aromatic rings. The molecule has 9 heteroatoms. The predicted molar refractivity (Wildman–Crippen MR) is 119 cm³/mol. The van der Waals surface area contributed by atoms with E-state index in [1.165, 1.54) is 6.08 Å². The number of nitrogens with one attached hydrogen (secondary N) is 2. The Bertz CT molecular complexity index is 1060. The van der Waals surface area contributed by atoms with E-state index in [4.69, 9.17) is 9.84 Å². The van der Waals surface area contributed by atoms with Crippen LogP contribution in [-0.4, -0.2) is 67.2 Å². The van der Waals surface area contributed by atoms with Gasteiger partial charge in [0.15, 0.2) is 0 Å². The second-order valence-electron chi connectivity index (χ2n) is 7.32. The van der Waals surface area contributed by atoms with Gasteiger partial charge in [0.05, 0.1) is 49.0 Å². The van der Waals surface area contributed by atoms with Crippen molar-refractivity contribution in [3.8, 4) is 0 Å². The Morgan fingerprint density at radius 1 is 1.00 bits per heavy atom. The molecule has 0 aromatic heterocycles. The Morgan fingerprint density at radius 2 is 1.69 bits per heavy atom. The Hall–Kier alpha value is -3.69. The molecule has 0 saturated carbocycles. The number of aliphatic hydroxyl groups excluding tert-OH is 1. The summed E-state index contributed by atoms with van der Waals surface area (Å²) >= 11 is 0. The number of anilines is 3. The van der Waals surface area contributed by atoms with Gasteiger partial charge in [-0.05, 0) is 24.3 Å². The standard InChI is InChI=1S/C23H24N4O5/c28-12-9-27-21(29)15-19(23(27)31)24-17-6-2-1-5-16(17)22(30)25-18-7-3-4-8-20(18)26-10-13-32-14-11-26/h1-8,15,24,28H,9-14H2,(H,25,30). The van der Waals surface area contributed by atoms with Gasteiger partial charge in [-0.1, -0.05) is 24.3 Å². The molecule has 0 aliphatic carbocycles. The number of morpholine rings is 1. The Balaban J connectivity index is 1.54. The Morgan fingerprint density at radius 3 is 2.44 bits per heavy atom. The summed E-state index contributed by atoms with van der Waals surface area (Å²) in [6.45, 7) is 2.33. The molecule has 0 unspecified atom stereocenters. The number of rotatable bonds is 7. The maximum atomic E-state index is 13.1. The van der Waals surface area contributed by atoms with Crippen LogP contribution in [0.1, 0.15) is 10.4 Å². The van der Waals surface area contributed by atoms with E-state index in [1.54, 1.807) is 24.3 Å². The van der Waals surface area contributed by atoms with Crippen molar-refractivity contribution in [3.05, 3.63) is 65.9 Å². The third-order valence-electron chi connectivity index (χ3n) is 5.28. The van der Waals surface area contributed by atoms with Crippen LogP contribution in [0.2, 0.25) is 0 Å². The molecule has 4 rings (SSSR count). The number of nitrogens with zero attached hydrogens (tertiary/aromatic N) is 2. The second kappa shape index (κ2) is 9.63. The zero-order valence-electron chi connectivity index (χ0n) is 17.4. The average Bonchev–Trinajstić information content (AvgIpc) is 3.08. The maximum absolute atomic E-state index is 13.1. The first kappa shape index (κ1) is 21.5. The zero-order valence-corrected chi connectivity index (χ0v) is 17.4. The average molecular weight is 436 g/mol. The summed E-state index contributed by atoms with van der Waals surface area (Å²) in [4.78, 5) is 40.7. The first-order chi connectivity index (χ1) is 15.6. The fourth-order valence-corrected chi connectivity index (χ4v) is 3.69. The smallest absolute Gasteiger partial charge is 0.277 e. The van der Waals surface area contributed by atoms with Gasteiger partial charge in [-0.3, -0.25) is 19.3 Å². The maximum Gasteiger partial charge on any atom is 0.277 e. The number of hydrogen-bond donors (Lipinski definition) is 3. The van der Waals surface area contributed by atoms with E-state index in [0.29, 0.717) is 30.2 Å². The molecule has 3 N–H and O–H groups in total. The minimum Gasteiger partial charge on any atom is -0.395 e. The molecular weight excluding hydrogens is 412 g/mol. The normalized spacial score (nSPS) is 16.2. The molecule has 2 aliphatic rings. The van der Waals surface area contributed by atoms with Crippen LogP contribution in [0.5, 0.6) is 0 Å². The molecule has 3 amide bonds. The van der Waals surface area contributed by atoms with Gasteiger partial charge in [0.2, 0.25) is 0 Å². The lowest BCUT2D eigenvalue weighted by Gasteiger charge is -2.30. The van der Waals surface area contributed by atoms with E-state index < -0.39 is 11.8 Å². The fourth-order valence-electron chi connectivity index (χ4n) is 3.69. The number of β-amino-alcohol motifs (C(OH)–C–C–N with tert-alkyl or cyclic N) is 1. The highest BCUT2D eigenvalue weighted by atomic mass is 16.5. The summed E-state index contributed by atoms with van der Waals surface area (Å²) in [6, 6.07) is 14.3. The van der Waals surface area contributed by atoms with Crippen LogP contribution in [-0.2, 0) is 14.3 Å². The van der Waals surface area contributed by atoms with Crippen LogP contribution >= 0.6 is 0 Å². The molecule has 2 aliphatic heterocycles. The predicted octanol–water partition coefficient (Wildman–Crippen LogP) is 1.43. The fraction of sp³-hybridized carbons (Fsp3) is 0.261. The van der Waals surface area contributed by atoms with Crippen LogP contribution in [0.3, 0.4) is 0 Å². The van der Waals surface area contributed by atoms with Gasteiger partial charge in [-0.25, -0.2) is 0 Å². The van der Waals surface area contributed by atoms with E-state index in [9.17, 15) is 14.4 Å². The van der Waals surface area contributed by atoms with E-state index in [-0.39, 0.29) is 24.8 Å². The number of amides is 3. The number of ether oxygens (including phenoxy) is 1. The van der Waals surface area contributed by atoms with Crippen molar-refractivity contribution < 1.29 is 24.2 Å². The van der Waals surface area contributed by atoms with Gasteiger partial charge in [-0.15, -0.1) is 0 Å². The van der Waals surface area contributed by atoms with Crippen LogP contribution in [0.25, 0.3) is 0 Å². The van der Waals surface area contributed by atoms with Gasteiger partial charge in [0.1, 0.15) is 5.70 Å². The molecule has 1 saturated heterocycles. The summed E-state index contributed by atoms with van der Waals surface area (Å²) < 4.78 is 5.42. The number of imide groups is 1. The van der Waals surface area contributed by atoms with Gasteiger partial charge in [-0.2, -0.15) is 0 Å². The topological polar surface area (TPSA) is 111 Å². The van der Waals surface area contributed by atoms with Crippen molar-refractivity contribution in [1.29, 1.82) is 0 Å². The third-order valence-corrected chi connectivity index (χ3v) is 5.28. The minimum absolute atomic E-state index is 0.0532.